The first kappa shape index (κ1) is 15.3. The minimum absolute atomic E-state index is 0.0328. The molecule has 1 N–H and O–H groups in total. The summed E-state index contributed by atoms with van der Waals surface area (Å²) in [7, 11) is 0. The highest BCUT2D eigenvalue weighted by molar-refractivity contribution is 7.90. The summed E-state index contributed by atoms with van der Waals surface area (Å²) in [5.74, 6) is 0.852. The van der Waals surface area contributed by atoms with Gasteiger partial charge >= 0.3 is 0 Å². The molecule has 4 heteroatoms. The highest BCUT2D eigenvalue weighted by Gasteiger charge is 2.28. The summed E-state index contributed by atoms with van der Waals surface area (Å²) >= 11 is -1.07. The smallest absolute Gasteiger partial charge is 0.136 e. The van der Waals surface area contributed by atoms with Crippen molar-refractivity contribution < 1.29 is 9.29 Å². The van der Waals surface area contributed by atoms with E-state index < -0.39 is 11.4 Å². The van der Waals surface area contributed by atoms with Crippen molar-refractivity contribution in [2.24, 2.45) is 0 Å². The van der Waals surface area contributed by atoms with Gasteiger partial charge in [0.25, 0.3) is 0 Å². The van der Waals surface area contributed by atoms with Crippen LogP contribution in [0.3, 0.4) is 0 Å². The molecule has 0 aliphatic heterocycles. The Kier molecular flexibility index (Phi) is 5.50. The average molecular weight is 269 g/mol. The summed E-state index contributed by atoms with van der Waals surface area (Å²) in [6.07, 6.45) is 0. The van der Waals surface area contributed by atoms with Crippen molar-refractivity contribution >= 4 is 11.4 Å². The maximum absolute atomic E-state index is 12.0. The molecule has 0 bridgehead atoms. The molecule has 0 fully saturated rings. The predicted octanol–water partition coefficient (Wildman–Crippen LogP) is 3.20. The summed E-state index contributed by atoms with van der Waals surface area (Å²) in [5.41, 5.74) is 1.08. The fourth-order valence-corrected chi connectivity index (χ4v) is 2.26. The van der Waals surface area contributed by atoms with E-state index in [9.17, 15) is 4.55 Å². The second-order valence-corrected chi connectivity index (χ2v) is 7.22. The van der Waals surface area contributed by atoms with Gasteiger partial charge in [0, 0.05) is 11.4 Å². The second kappa shape index (κ2) is 6.45. The highest BCUT2D eigenvalue weighted by atomic mass is 32.2. The molecule has 1 aromatic carbocycles. The summed E-state index contributed by atoms with van der Waals surface area (Å²) < 4.78 is 20.4. The van der Waals surface area contributed by atoms with Crippen molar-refractivity contribution in [3.05, 3.63) is 29.8 Å². The molecule has 0 amide bonds. The van der Waals surface area contributed by atoms with Crippen molar-refractivity contribution in [1.82, 2.24) is 4.72 Å². The maximum Gasteiger partial charge on any atom is 0.136 e. The summed E-state index contributed by atoms with van der Waals surface area (Å²) in [6, 6.07) is 7.92. The van der Waals surface area contributed by atoms with Crippen LogP contribution in [0.1, 0.15) is 46.2 Å². The van der Waals surface area contributed by atoms with Crippen LogP contribution in [0.2, 0.25) is 0 Å². The molecule has 0 aliphatic carbocycles. The zero-order valence-electron chi connectivity index (χ0n) is 11.8. The number of hydrogen-bond acceptors (Lipinski definition) is 3. The number of benzene rings is 1. The molecule has 0 spiro atoms. The van der Waals surface area contributed by atoms with Crippen molar-refractivity contribution in [3.63, 3.8) is 0 Å². The van der Waals surface area contributed by atoms with Gasteiger partial charge in [0.15, 0.2) is 0 Å². The van der Waals surface area contributed by atoms with Gasteiger partial charge in [0.2, 0.25) is 0 Å². The molecule has 18 heavy (non-hydrogen) atoms. The zero-order valence-corrected chi connectivity index (χ0v) is 12.6. The zero-order chi connectivity index (χ0) is 13.8. The molecule has 0 saturated heterocycles. The molecule has 0 aliphatic rings. The van der Waals surface area contributed by atoms with Crippen LogP contribution < -0.4 is 9.46 Å². The van der Waals surface area contributed by atoms with Crippen molar-refractivity contribution in [1.29, 1.82) is 0 Å². The van der Waals surface area contributed by atoms with Gasteiger partial charge in [0.1, 0.15) is 10.5 Å². The van der Waals surface area contributed by atoms with E-state index in [0.29, 0.717) is 6.61 Å². The van der Waals surface area contributed by atoms with Crippen LogP contribution in [0.25, 0.3) is 0 Å². The number of hydrogen-bond donors (Lipinski definition) is 1. The quantitative estimate of drug-likeness (QED) is 0.835. The standard InChI is InChI=1S/C14H23NO2S/c1-6-17-13-9-7-8-12(10-13)11(2)15-18(16)14(3,4)5/h7-11,15H,6H2,1-5H3/t11?,18-/m1/s1. The Morgan fingerprint density at radius 1 is 1.39 bits per heavy atom. The Morgan fingerprint density at radius 3 is 2.61 bits per heavy atom. The topological polar surface area (TPSA) is 44.3 Å². The van der Waals surface area contributed by atoms with Crippen LogP contribution in [0.4, 0.5) is 0 Å². The molecule has 0 radical (unpaired) electrons. The van der Waals surface area contributed by atoms with Crippen LogP contribution in [0.15, 0.2) is 24.3 Å². The minimum Gasteiger partial charge on any atom is -0.598 e. The first-order valence-corrected chi connectivity index (χ1v) is 7.40. The predicted molar refractivity (Wildman–Crippen MR) is 77.1 cm³/mol. The van der Waals surface area contributed by atoms with Gasteiger partial charge in [-0.25, -0.2) is 0 Å². The average Bonchev–Trinajstić information content (AvgIpc) is 2.28. The van der Waals surface area contributed by atoms with Crippen LogP contribution in [0, 0.1) is 0 Å². The van der Waals surface area contributed by atoms with Gasteiger partial charge in [-0.1, -0.05) is 12.1 Å². The van der Waals surface area contributed by atoms with E-state index in [4.69, 9.17) is 4.74 Å². The lowest BCUT2D eigenvalue weighted by atomic mass is 10.1. The Labute approximate surface area is 113 Å². The van der Waals surface area contributed by atoms with Gasteiger partial charge < -0.3 is 9.29 Å². The first-order valence-electron chi connectivity index (χ1n) is 6.25. The molecule has 1 rings (SSSR count). The SMILES string of the molecule is CCOc1cccc(C(C)N[S@+]([O-])C(C)(C)C)c1. The Morgan fingerprint density at radius 2 is 2.06 bits per heavy atom. The Balaban J connectivity index is 2.72. The fourth-order valence-electron chi connectivity index (χ4n) is 1.45. The number of nitrogens with one attached hydrogen (secondary N) is 1. The minimum atomic E-state index is -1.07. The molecule has 0 heterocycles. The third kappa shape index (κ3) is 4.52. The van der Waals surface area contributed by atoms with Crippen LogP contribution in [0.5, 0.6) is 5.75 Å². The van der Waals surface area contributed by atoms with Gasteiger partial charge in [-0.15, -0.1) is 4.72 Å². The van der Waals surface area contributed by atoms with Crippen LogP contribution >= 0.6 is 0 Å². The lowest BCUT2D eigenvalue weighted by Crippen LogP contribution is -2.40. The third-order valence-electron chi connectivity index (χ3n) is 2.51. The Hall–Kier alpha value is -0.710. The first-order chi connectivity index (χ1) is 8.34. The van der Waals surface area contributed by atoms with E-state index in [-0.39, 0.29) is 10.8 Å². The molecule has 0 aromatic heterocycles. The molecule has 1 aromatic rings. The molecule has 1 unspecified atom stereocenters. The highest BCUT2D eigenvalue weighted by Crippen LogP contribution is 2.22. The molecule has 102 valence electrons. The summed E-state index contributed by atoms with van der Waals surface area (Å²) in [5, 5.41) is 0. The van der Waals surface area contributed by atoms with Gasteiger partial charge in [0.05, 0.1) is 12.6 Å². The summed E-state index contributed by atoms with van der Waals surface area (Å²) in [4.78, 5) is 0. The van der Waals surface area contributed by atoms with Gasteiger partial charge in [-0.05, 0) is 52.3 Å². The van der Waals surface area contributed by atoms with Gasteiger partial charge in [-0.2, -0.15) is 0 Å². The lowest BCUT2D eigenvalue weighted by molar-refractivity contribution is 0.339. The van der Waals surface area contributed by atoms with Crippen molar-refractivity contribution in [3.8, 4) is 5.75 Å². The molecular formula is C14H23NO2S. The van der Waals surface area contributed by atoms with E-state index in [0.717, 1.165) is 11.3 Å². The normalized spacial score (nSPS) is 15.2. The van der Waals surface area contributed by atoms with E-state index in [1.54, 1.807) is 0 Å². The second-order valence-electron chi connectivity index (χ2n) is 5.23. The number of rotatable bonds is 5. The lowest BCUT2D eigenvalue weighted by Gasteiger charge is -2.26. The molecular weight excluding hydrogens is 246 g/mol. The van der Waals surface area contributed by atoms with E-state index in [1.807, 2.05) is 58.9 Å². The van der Waals surface area contributed by atoms with Crippen molar-refractivity contribution in [2.45, 2.75) is 45.4 Å². The van der Waals surface area contributed by atoms with Crippen LogP contribution in [-0.4, -0.2) is 15.9 Å². The van der Waals surface area contributed by atoms with E-state index >= 15 is 0 Å². The van der Waals surface area contributed by atoms with E-state index in [1.165, 1.54) is 0 Å². The molecule has 3 nitrogen and oxygen atoms in total. The third-order valence-corrected chi connectivity index (χ3v) is 4.19. The van der Waals surface area contributed by atoms with Crippen molar-refractivity contribution in [2.75, 3.05) is 6.61 Å². The van der Waals surface area contributed by atoms with E-state index in [2.05, 4.69) is 4.72 Å². The van der Waals surface area contributed by atoms with Gasteiger partial charge in [-0.3, -0.25) is 0 Å². The summed E-state index contributed by atoms with van der Waals surface area (Å²) in [6.45, 7) is 10.5. The fraction of sp³-hybridized carbons (Fsp3) is 0.571. The monoisotopic (exact) mass is 269 g/mol. The van der Waals surface area contributed by atoms with Crippen LogP contribution in [-0.2, 0) is 11.4 Å². The maximum atomic E-state index is 12.0. The largest absolute Gasteiger partial charge is 0.598 e. The molecule has 0 saturated carbocycles. The Bertz CT molecular complexity index is 376. The molecule has 2 atom stereocenters. The number of ether oxygens (including phenoxy) is 1.